The number of carboxylic acids is 1. The maximum Gasteiger partial charge on any atom is 0.354 e. The minimum absolute atomic E-state index is 0.0977. The van der Waals surface area contributed by atoms with Crippen LogP contribution in [0.25, 0.3) is 0 Å². The van der Waals surface area contributed by atoms with Gasteiger partial charge in [-0.25, -0.2) is 14.2 Å². The number of rotatable bonds is 2. The Labute approximate surface area is 92.6 Å². The fourth-order valence-electron chi connectivity index (χ4n) is 1.76. The monoisotopic (exact) mass is 226 g/mol. The van der Waals surface area contributed by atoms with Gasteiger partial charge in [-0.3, -0.25) is 0 Å². The van der Waals surface area contributed by atoms with Crippen LogP contribution in [-0.4, -0.2) is 33.6 Å². The Bertz CT molecular complexity index is 383. The van der Waals surface area contributed by atoms with Crippen molar-refractivity contribution in [3.63, 3.8) is 0 Å². The van der Waals surface area contributed by atoms with Crippen LogP contribution in [0.1, 0.15) is 28.5 Å². The molecule has 1 N–H and O–H groups in total. The third kappa shape index (κ3) is 2.27. The minimum atomic E-state index is -0.988. The number of halogens is 1. The van der Waals surface area contributed by atoms with E-state index in [1.165, 1.54) is 6.07 Å². The quantitative estimate of drug-likeness (QED) is 0.781. The molecule has 1 saturated heterocycles. The lowest BCUT2D eigenvalue weighted by Crippen LogP contribution is -2.09. The van der Waals surface area contributed by atoms with Crippen molar-refractivity contribution in [2.75, 3.05) is 13.1 Å². The Morgan fingerprint density at radius 2 is 2.40 bits per heavy atom. The van der Waals surface area contributed by atoms with E-state index >= 15 is 0 Å². The van der Waals surface area contributed by atoms with E-state index in [9.17, 15) is 4.79 Å². The van der Waals surface area contributed by atoms with Gasteiger partial charge in [-0.05, 0) is 30.3 Å². The zero-order chi connectivity index (χ0) is 10.8. The van der Waals surface area contributed by atoms with Crippen molar-refractivity contribution >= 4 is 17.7 Å². The van der Waals surface area contributed by atoms with Crippen LogP contribution >= 0.6 is 11.8 Å². The van der Waals surface area contributed by atoms with E-state index < -0.39 is 5.97 Å². The molecule has 0 radical (unpaired) electrons. The maximum atomic E-state index is 10.7. The van der Waals surface area contributed by atoms with E-state index in [-0.39, 0.29) is 11.6 Å². The molecule has 0 aromatic carbocycles. The van der Waals surface area contributed by atoms with Crippen LogP contribution in [0.3, 0.4) is 0 Å². The normalized spacial score (nSPS) is 21.8. The van der Waals surface area contributed by atoms with E-state index in [4.69, 9.17) is 16.9 Å². The standard InChI is InChI=1S/C10H11ClN2O2/c11-13-5-4-7(6-13)8-2-1-3-9(12-8)10(14)15/h1-3,7H,4-6H2,(H,14,15). The third-order valence-corrected chi connectivity index (χ3v) is 2.85. The van der Waals surface area contributed by atoms with Gasteiger partial charge in [0.25, 0.3) is 0 Å². The topological polar surface area (TPSA) is 53.4 Å². The Morgan fingerprint density at radius 3 is 3.00 bits per heavy atom. The fraction of sp³-hybridized carbons (Fsp3) is 0.400. The molecular weight excluding hydrogens is 216 g/mol. The summed E-state index contributed by atoms with van der Waals surface area (Å²) in [4.78, 5) is 14.8. The molecule has 0 amide bonds. The molecule has 0 bridgehead atoms. The molecule has 1 aliphatic rings. The summed E-state index contributed by atoms with van der Waals surface area (Å²) in [7, 11) is 0. The van der Waals surface area contributed by atoms with Crippen molar-refractivity contribution in [2.45, 2.75) is 12.3 Å². The van der Waals surface area contributed by atoms with Crippen molar-refractivity contribution < 1.29 is 9.90 Å². The second-order valence-electron chi connectivity index (χ2n) is 3.61. The minimum Gasteiger partial charge on any atom is -0.477 e. The average molecular weight is 227 g/mol. The lowest BCUT2D eigenvalue weighted by atomic mass is 10.0. The lowest BCUT2D eigenvalue weighted by molar-refractivity contribution is 0.0690. The molecule has 1 atom stereocenters. The number of aromatic carboxylic acids is 1. The Morgan fingerprint density at radius 1 is 1.60 bits per heavy atom. The first-order valence-corrected chi connectivity index (χ1v) is 5.11. The summed E-state index contributed by atoms with van der Waals surface area (Å²) in [6, 6.07) is 5.08. The van der Waals surface area contributed by atoms with E-state index in [1.807, 2.05) is 6.07 Å². The summed E-state index contributed by atoms with van der Waals surface area (Å²) in [5.74, 6) is -0.737. The van der Waals surface area contributed by atoms with Crippen molar-refractivity contribution in [1.29, 1.82) is 0 Å². The molecule has 1 unspecified atom stereocenters. The Hall–Kier alpha value is -1.13. The van der Waals surface area contributed by atoms with Gasteiger partial charge < -0.3 is 5.11 Å². The molecule has 1 aliphatic heterocycles. The number of aromatic nitrogens is 1. The summed E-state index contributed by atoms with van der Waals surface area (Å²) in [6.07, 6.45) is 0.930. The number of carboxylic acid groups (broad SMARTS) is 1. The SMILES string of the molecule is O=C(O)c1cccc(C2CCN(Cl)C2)n1. The number of carbonyl (C=O) groups is 1. The second-order valence-corrected chi connectivity index (χ2v) is 4.09. The van der Waals surface area contributed by atoms with E-state index in [0.29, 0.717) is 0 Å². The number of hydrogen-bond donors (Lipinski definition) is 1. The fourth-order valence-corrected chi connectivity index (χ4v) is 2.02. The molecule has 15 heavy (non-hydrogen) atoms. The summed E-state index contributed by atoms with van der Waals surface area (Å²) >= 11 is 5.85. The van der Waals surface area contributed by atoms with Crippen molar-refractivity contribution in [2.24, 2.45) is 0 Å². The van der Waals surface area contributed by atoms with Crippen LogP contribution in [0.15, 0.2) is 18.2 Å². The van der Waals surface area contributed by atoms with Crippen LogP contribution in [0.2, 0.25) is 0 Å². The van der Waals surface area contributed by atoms with Gasteiger partial charge in [0.05, 0.1) is 0 Å². The number of pyridine rings is 1. The largest absolute Gasteiger partial charge is 0.477 e. The molecule has 0 spiro atoms. The predicted molar refractivity (Wildman–Crippen MR) is 56.0 cm³/mol. The molecule has 1 aromatic heterocycles. The zero-order valence-electron chi connectivity index (χ0n) is 8.06. The van der Waals surface area contributed by atoms with Crippen LogP contribution in [0.4, 0.5) is 0 Å². The van der Waals surface area contributed by atoms with Crippen LogP contribution in [0.5, 0.6) is 0 Å². The predicted octanol–water partition coefficient (Wildman–Crippen LogP) is 1.72. The maximum absolute atomic E-state index is 10.7. The smallest absolute Gasteiger partial charge is 0.354 e. The Balaban J connectivity index is 2.21. The van der Waals surface area contributed by atoms with Gasteiger partial charge in [-0.15, -0.1) is 0 Å². The number of hydrogen-bond acceptors (Lipinski definition) is 3. The first-order chi connectivity index (χ1) is 7.16. The van der Waals surface area contributed by atoms with E-state index in [1.54, 1.807) is 10.5 Å². The van der Waals surface area contributed by atoms with Crippen LogP contribution in [-0.2, 0) is 0 Å². The van der Waals surface area contributed by atoms with Gasteiger partial charge in [-0.2, -0.15) is 0 Å². The summed E-state index contributed by atoms with van der Waals surface area (Å²) in [5, 5.41) is 8.81. The first kappa shape index (κ1) is 10.4. The van der Waals surface area contributed by atoms with Crippen molar-refractivity contribution in [3.05, 3.63) is 29.6 Å². The molecule has 4 nitrogen and oxygen atoms in total. The van der Waals surface area contributed by atoms with Gasteiger partial charge in [-0.1, -0.05) is 6.07 Å². The highest BCUT2D eigenvalue weighted by molar-refractivity contribution is 6.13. The lowest BCUT2D eigenvalue weighted by Gasteiger charge is -2.08. The summed E-state index contributed by atoms with van der Waals surface area (Å²) in [5.41, 5.74) is 0.915. The molecule has 1 aromatic rings. The van der Waals surface area contributed by atoms with E-state index in [0.717, 1.165) is 25.2 Å². The summed E-state index contributed by atoms with van der Waals surface area (Å²) in [6.45, 7) is 1.56. The molecule has 80 valence electrons. The van der Waals surface area contributed by atoms with Crippen molar-refractivity contribution in [3.8, 4) is 0 Å². The molecule has 5 heteroatoms. The van der Waals surface area contributed by atoms with Gasteiger partial charge >= 0.3 is 5.97 Å². The number of nitrogens with zero attached hydrogens (tertiary/aromatic N) is 2. The van der Waals surface area contributed by atoms with Crippen LogP contribution < -0.4 is 0 Å². The molecular formula is C10H11ClN2O2. The first-order valence-electron chi connectivity index (χ1n) is 4.78. The van der Waals surface area contributed by atoms with Gasteiger partial charge in [0.2, 0.25) is 0 Å². The molecule has 0 aliphatic carbocycles. The van der Waals surface area contributed by atoms with Crippen molar-refractivity contribution in [1.82, 2.24) is 9.40 Å². The van der Waals surface area contributed by atoms with Crippen LogP contribution in [0, 0.1) is 0 Å². The highest BCUT2D eigenvalue weighted by Gasteiger charge is 2.24. The van der Waals surface area contributed by atoms with E-state index in [2.05, 4.69) is 4.98 Å². The Kier molecular flexibility index (Phi) is 2.88. The molecule has 2 rings (SSSR count). The summed E-state index contributed by atoms with van der Waals surface area (Å²) < 4.78 is 1.71. The highest BCUT2D eigenvalue weighted by Crippen LogP contribution is 2.26. The second kappa shape index (κ2) is 4.16. The molecule has 1 fully saturated rings. The van der Waals surface area contributed by atoms with Gasteiger partial charge in [0.1, 0.15) is 5.69 Å². The third-order valence-electron chi connectivity index (χ3n) is 2.55. The van der Waals surface area contributed by atoms with Gasteiger partial charge in [0.15, 0.2) is 0 Å². The average Bonchev–Trinajstić information content (AvgIpc) is 2.65. The molecule has 2 heterocycles. The zero-order valence-corrected chi connectivity index (χ0v) is 8.81. The highest BCUT2D eigenvalue weighted by atomic mass is 35.5. The van der Waals surface area contributed by atoms with Gasteiger partial charge in [0, 0.05) is 24.7 Å². The molecule has 0 saturated carbocycles.